The average molecular weight is 572 g/mol. The van der Waals surface area contributed by atoms with Crippen LogP contribution in [0.3, 0.4) is 0 Å². The molecule has 3 unspecified atom stereocenters. The van der Waals surface area contributed by atoms with E-state index in [1.54, 1.807) is 20.4 Å². The second-order valence-corrected chi connectivity index (χ2v) is 15.4. The van der Waals surface area contributed by atoms with Crippen LogP contribution in [-0.2, 0) is 11.3 Å². The summed E-state index contributed by atoms with van der Waals surface area (Å²) in [6.07, 6.45) is 3.75. The summed E-state index contributed by atoms with van der Waals surface area (Å²) >= 11 is 0. The monoisotopic (exact) mass is 571 g/mol. The van der Waals surface area contributed by atoms with Crippen molar-refractivity contribution in [3.63, 3.8) is 0 Å². The van der Waals surface area contributed by atoms with Crippen LogP contribution in [0.15, 0.2) is 73.1 Å². The smallest absolute Gasteiger partial charge is 0.408 e. The van der Waals surface area contributed by atoms with E-state index in [1.807, 2.05) is 59.4 Å². The van der Waals surface area contributed by atoms with Gasteiger partial charge in [0.25, 0.3) is 5.66 Å². The van der Waals surface area contributed by atoms with E-state index in [4.69, 9.17) is 35.5 Å². The van der Waals surface area contributed by atoms with Crippen molar-refractivity contribution in [1.29, 1.82) is 0 Å². The highest BCUT2D eigenvalue weighted by atomic mass is 28.3. The van der Waals surface area contributed by atoms with Gasteiger partial charge in [0.2, 0.25) is 6.20 Å². The summed E-state index contributed by atoms with van der Waals surface area (Å²) in [5.74, 6) is 4.07. The molecule has 10 heteroatoms. The molecule has 5 aliphatic heterocycles. The van der Waals surface area contributed by atoms with Crippen molar-refractivity contribution in [3.8, 4) is 45.6 Å². The molecule has 0 fully saturated rings. The van der Waals surface area contributed by atoms with E-state index < -0.39 is 19.4 Å². The maximum Gasteiger partial charge on any atom is 0.408 e. The predicted octanol–water partition coefficient (Wildman–Crippen LogP) is 1.01. The van der Waals surface area contributed by atoms with Gasteiger partial charge in [-0.3, -0.25) is 11.5 Å². The molecule has 0 saturated heterocycles. The largest absolute Gasteiger partial charge is 0.496 e. The number of methoxy groups -OCH3 is 2. The van der Waals surface area contributed by atoms with E-state index in [0.29, 0.717) is 23.0 Å². The van der Waals surface area contributed by atoms with E-state index in [0.717, 1.165) is 50.3 Å². The highest BCUT2D eigenvalue weighted by Crippen LogP contribution is 2.54. The fraction of sp³-hybridized carbons (Fsp3) is 0.156. The van der Waals surface area contributed by atoms with E-state index in [1.165, 1.54) is 10.4 Å². The molecule has 0 spiro atoms. The van der Waals surface area contributed by atoms with Crippen LogP contribution in [0, 0.1) is 0 Å². The van der Waals surface area contributed by atoms with E-state index in [9.17, 15) is 0 Å². The molecule has 0 radical (unpaired) electrons. The Balaban J connectivity index is 1.46. The van der Waals surface area contributed by atoms with Crippen LogP contribution in [0.5, 0.6) is 34.5 Å². The zero-order chi connectivity index (χ0) is 28.3. The molecule has 204 valence electrons. The predicted molar refractivity (Wildman–Crippen MR) is 154 cm³/mol. The van der Waals surface area contributed by atoms with Gasteiger partial charge < -0.3 is 18.9 Å². The molecular weight excluding hydrogens is 546 g/mol. The van der Waals surface area contributed by atoms with Gasteiger partial charge in [0.1, 0.15) is 45.6 Å². The summed E-state index contributed by atoms with van der Waals surface area (Å²) < 4.78 is 29.2. The number of ether oxygens (including phenoxy) is 4. The van der Waals surface area contributed by atoms with Crippen LogP contribution in [0.25, 0.3) is 11.1 Å². The lowest BCUT2D eigenvalue weighted by molar-refractivity contribution is -0.871. The molecular formula is C32H25N5O4Si+2. The van der Waals surface area contributed by atoms with Crippen molar-refractivity contribution in [2.45, 2.75) is 17.9 Å². The van der Waals surface area contributed by atoms with Gasteiger partial charge >= 0.3 is 19.2 Å². The topological polar surface area (TPSA) is 110 Å². The van der Waals surface area contributed by atoms with Crippen LogP contribution in [-0.4, -0.2) is 27.4 Å². The molecule has 5 aromatic rings. The molecule has 0 amide bonds. The Bertz CT molecular complexity index is 2010. The Hall–Kier alpha value is -4.77. The highest BCUT2D eigenvalue weighted by molar-refractivity contribution is 7.12. The first-order valence-corrected chi connectivity index (χ1v) is 16.4. The SMILES string of the molecule is COc1cccc2c1C1(N)c3c(ccc4c3[Si]3(C)c5c-4ccc4c5C(N)(c5c(OC)cccc5O4)[n+]4ncc[n+]1c43)O2. The van der Waals surface area contributed by atoms with Crippen molar-refractivity contribution in [1.82, 2.24) is 5.10 Å². The van der Waals surface area contributed by atoms with Crippen LogP contribution in [0.4, 0.5) is 0 Å². The van der Waals surface area contributed by atoms with E-state index >= 15 is 0 Å². The summed E-state index contributed by atoms with van der Waals surface area (Å²) in [6, 6.07) is 20.0. The molecule has 1 aromatic heterocycles. The molecule has 4 N–H and O–H groups in total. The Morgan fingerprint density at radius 2 is 1.24 bits per heavy atom. The van der Waals surface area contributed by atoms with Gasteiger partial charge in [0.15, 0.2) is 6.20 Å². The fourth-order valence-corrected chi connectivity index (χ4v) is 13.8. The van der Waals surface area contributed by atoms with Crippen molar-refractivity contribution in [3.05, 3.63) is 95.3 Å². The molecule has 0 bridgehead atoms. The molecule has 0 saturated carbocycles. The van der Waals surface area contributed by atoms with Crippen LogP contribution >= 0.6 is 0 Å². The standard InChI is InChI=1S/C32H25N5O4Si/c1-38-18-6-4-8-20-24(18)31(33)26-22(40-20)12-10-16-17-11-13-23-27-29(17)42(3,28(16)26)30-36(31)15-14-35-37(30)32(27,34)25-19(39-2)7-5-9-21(25)41-23/h4-15H,33-34H2,1-3H3/q+2. The highest BCUT2D eigenvalue weighted by Gasteiger charge is 2.76. The maximum absolute atomic E-state index is 7.78. The number of hydrogen-bond donors (Lipinski definition) is 2. The summed E-state index contributed by atoms with van der Waals surface area (Å²) in [4.78, 5) is 0. The van der Waals surface area contributed by atoms with Crippen molar-refractivity contribution in [2.75, 3.05) is 14.2 Å². The third-order valence-corrected chi connectivity index (χ3v) is 14.4. The van der Waals surface area contributed by atoms with Gasteiger partial charge in [-0.2, -0.15) is 0 Å². The Morgan fingerprint density at radius 1 is 0.714 bits per heavy atom. The molecule has 6 heterocycles. The molecule has 9 nitrogen and oxygen atoms in total. The summed E-state index contributed by atoms with van der Waals surface area (Å²) in [5, 5.41) is 7.48. The maximum atomic E-state index is 7.78. The first-order valence-electron chi connectivity index (χ1n) is 13.9. The molecule has 42 heavy (non-hydrogen) atoms. The second-order valence-electron chi connectivity index (χ2n) is 11.7. The zero-order valence-corrected chi connectivity index (χ0v) is 24.1. The average Bonchev–Trinajstić information content (AvgIpc) is 3.28. The molecule has 4 aromatic carbocycles. The summed E-state index contributed by atoms with van der Waals surface area (Å²) in [7, 11) is 0.522. The number of fused-ring (bicyclic) bond motifs is 7. The Kier molecular flexibility index (Phi) is 3.71. The first-order chi connectivity index (χ1) is 20.4. The van der Waals surface area contributed by atoms with Crippen molar-refractivity contribution in [2.24, 2.45) is 11.5 Å². The number of rotatable bonds is 2. The quantitative estimate of drug-likeness (QED) is 0.241. The van der Waals surface area contributed by atoms with Gasteiger partial charge in [-0.15, -0.1) is 4.57 Å². The summed E-state index contributed by atoms with van der Waals surface area (Å²) in [5.41, 5.74) is 19.8. The van der Waals surface area contributed by atoms with Gasteiger partial charge in [-0.25, -0.2) is 0 Å². The lowest BCUT2D eigenvalue weighted by Gasteiger charge is -2.43. The number of benzene rings is 4. The first kappa shape index (κ1) is 22.9. The lowest BCUT2D eigenvalue weighted by Crippen LogP contribution is -2.98. The van der Waals surface area contributed by atoms with Crippen LogP contribution in [0.1, 0.15) is 22.3 Å². The number of nitrogens with zero attached hydrogens (tertiary/aromatic N) is 3. The number of aromatic nitrogens is 3. The fourth-order valence-electron chi connectivity index (χ4n) is 8.54. The second kappa shape index (κ2) is 6.81. The van der Waals surface area contributed by atoms with Gasteiger partial charge in [0.05, 0.1) is 25.3 Å². The number of hydrogen-bond acceptors (Lipinski definition) is 7. The third-order valence-electron chi connectivity index (χ3n) is 9.99. The molecule has 0 aliphatic carbocycles. The minimum Gasteiger partial charge on any atom is -0.496 e. The van der Waals surface area contributed by atoms with Gasteiger partial charge in [-0.05, 0) is 69.1 Å². The minimum absolute atomic E-state index is 0.635. The van der Waals surface area contributed by atoms with Gasteiger partial charge in [0, 0.05) is 5.10 Å². The Morgan fingerprint density at radius 3 is 1.81 bits per heavy atom. The van der Waals surface area contributed by atoms with Crippen LogP contribution < -0.4 is 55.5 Å². The number of nitrogens with two attached hydrogens (primary N) is 2. The van der Waals surface area contributed by atoms with E-state index in [-0.39, 0.29) is 0 Å². The van der Waals surface area contributed by atoms with E-state index in [2.05, 4.69) is 23.2 Å². The minimum atomic E-state index is -2.80. The zero-order valence-electron chi connectivity index (χ0n) is 23.1. The van der Waals surface area contributed by atoms with Crippen molar-refractivity contribution < 1.29 is 28.2 Å². The van der Waals surface area contributed by atoms with Crippen molar-refractivity contribution >= 4 is 23.9 Å². The Labute approximate surface area is 241 Å². The van der Waals surface area contributed by atoms with Gasteiger partial charge in [-0.1, -0.05) is 24.3 Å². The normalized spacial score (nSPS) is 25.0. The third kappa shape index (κ3) is 2.07. The van der Waals surface area contributed by atoms with Crippen LogP contribution in [0.2, 0.25) is 6.55 Å². The summed E-state index contributed by atoms with van der Waals surface area (Å²) in [6.45, 7) is 2.37. The molecule has 10 rings (SSSR count). The molecule has 3 atom stereocenters. The lowest BCUT2D eigenvalue weighted by atomic mass is 9.84. The molecule has 5 aliphatic rings.